The summed E-state index contributed by atoms with van der Waals surface area (Å²) in [5, 5.41) is 3.00. The Balaban J connectivity index is 2.18. The Kier molecular flexibility index (Phi) is 4.66. The second kappa shape index (κ2) is 6.10. The lowest BCUT2D eigenvalue weighted by Crippen LogP contribution is -2.59. The summed E-state index contributed by atoms with van der Waals surface area (Å²) < 4.78 is 13.1. The molecule has 1 aromatic carbocycles. The first-order valence-electron chi connectivity index (χ1n) is 6.96. The van der Waals surface area contributed by atoms with Crippen molar-refractivity contribution in [2.75, 3.05) is 6.54 Å². The highest BCUT2D eigenvalue weighted by Crippen LogP contribution is 2.33. The molecular formula is C15H20ClFN2O. The van der Waals surface area contributed by atoms with Crippen LogP contribution in [-0.2, 0) is 0 Å². The van der Waals surface area contributed by atoms with Gasteiger partial charge >= 0.3 is 0 Å². The molecule has 0 aliphatic heterocycles. The highest BCUT2D eigenvalue weighted by atomic mass is 35.5. The molecule has 1 amide bonds. The average molecular weight is 299 g/mol. The van der Waals surface area contributed by atoms with Crippen molar-refractivity contribution in [1.82, 2.24) is 5.32 Å². The van der Waals surface area contributed by atoms with Crippen molar-refractivity contribution in [2.45, 2.75) is 38.1 Å². The quantitative estimate of drug-likeness (QED) is 0.901. The van der Waals surface area contributed by atoms with E-state index in [0.717, 1.165) is 19.3 Å². The van der Waals surface area contributed by atoms with E-state index in [1.807, 2.05) is 0 Å². The molecule has 20 heavy (non-hydrogen) atoms. The second-order valence-corrected chi connectivity index (χ2v) is 6.00. The van der Waals surface area contributed by atoms with Crippen LogP contribution >= 0.6 is 11.6 Å². The van der Waals surface area contributed by atoms with Crippen LogP contribution in [0.3, 0.4) is 0 Å². The highest BCUT2D eigenvalue weighted by Gasteiger charge is 2.38. The first kappa shape index (κ1) is 15.3. The summed E-state index contributed by atoms with van der Waals surface area (Å²) in [5.41, 5.74) is 5.91. The van der Waals surface area contributed by atoms with E-state index in [2.05, 4.69) is 12.2 Å². The van der Waals surface area contributed by atoms with Crippen molar-refractivity contribution in [3.8, 4) is 0 Å². The minimum absolute atomic E-state index is 0.0452. The molecule has 0 radical (unpaired) electrons. The van der Waals surface area contributed by atoms with E-state index < -0.39 is 5.82 Å². The van der Waals surface area contributed by atoms with Crippen molar-refractivity contribution in [3.63, 3.8) is 0 Å². The maximum absolute atomic E-state index is 13.1. The Hall–Kier alpha value is -1.13. The number of benzene rings is 1. The van der Waals surface area contributed by atoms with E-state index in [0.29, 0.717) is 18.0 Å². The van der Waals surface area contributed by atoms with Gasteiger partial charge in [0.1, 0.15) is 5.82 Å². The van der Waals surface area contributed by atoms with Crippen molar-refractivity contribution in [3.05, 3.63) is 34.6 Å². The molecule has 1 aliphatic carbocycles. The topological polar surface area (TPSA) is 55.1 Å². The first-order chi connectivity index (χ1) is 9.48. The Bertz CT molecular complexity index is 509. The van der Waals surface area contributed by atoms with Gasteiger partial charge in [-0.25, -0.2) is 4.39 Å². The summed E-state index contributed by atoms with van der Waals surface area (Å²) in [6, 6.07) is 3.99. The molecule has 1 aliphatic rings. The number of hydrogen-bond donors (Lipinski definition) is 2. The van der Waals surface area contributed by atoms with Gasteiger partial charge in [0.05, 0.1) is 10.6 Å². The molecule has 2 unspecified atom stereocenters. The third-order valence-corrected chi connectivity index (χ3v) is 4.65. The minimum Gasteiger partial charge on any atom is -0.345 e. The van der Waals surface area contributed by atoms with Gasteiger partial charge in [0.2, 0.25) is 0 Å². The van der Waals surface area contributed by atoms with Crippen LogP contribution in [-0.4, -0.2) is 18.0 Å². The molecule has 0 bridgehead atoms. The normalized spacial score (nSPS) is 26.3. The number of rotatable bonds is 3. The van der Waals surface area contributed by atoms with Crippen LogP contribution in [0.25, 0.3) is 0 Å². The molecule has 2 atom stereocenters. The van der Waals surface area contributed by atoms with Gasteiger partial charge in [-0.1, -0.05) is 31.4 Å². The summed E-state index contributed by atoms with van der Waals surface area (Å²) in [4.78, 5) is 12.3. The number of hydrogen-bond acceptors (Lipinski definition) is 2. The van der Waals surface area contributed by atoms with E-state index in [-0.39, 0.29) is 16.5 Å². The van der Waals surface area contributed by atoms with Crippen LogP contribution in [0.5, 0.6) is 0 Å². The Morgan fingerprint density at radius 3 is 2.90 bits per heavy atom. The van der Waals surface area contributed by atoms with Gasteiger partial charge in [0, 0.05) is 12.1 Å². The molecule has 1 saturated carbocycles. The van der Waals surface area contributed by atoms with Crippen molar-refractivity contribution in [2.24, 2.45) is 11.7 Å². The van der Waals surface area contributed by atoms with Gasteiger partial charge < -0.3 is 11.1 Å². The van der Waals surface area contributed by atoms with E-state index in [1.54, 1.807) is 0 Å². The number of carbonyl (C=O) groups excluding carboxylic acids is 1. The lowest BCUT2D eigenvalue weighted by molar-refractivity contribution is 0.0813. The van der Waals surface area contributed by atoms with Gasteiger partial charge in [0.25, 0.3) is 5.91 Å². The van der Waals surface area contributed by atoms with Crippen molar-refractivity contribution >= 4 is 17.5 Å². The maximum Gasteiger partial charge on any atom is 0.251 e. The molecule has 1 fully saturated rings. The predicted octanol–water partition coefficient (Wildman–Crippen LogP) is 3.12. The van der Waals surface area contributed by atoms with Crippen molar-refractivity contribution in [1.29, 1.82) is 0 Å². The largest absolute Gasteiger partial charge is 0.345 e. The smallest absolute Gasteiger partial charge is 0.251 e. The van der Waals surface area contributed by atoms with E-state index >= 15 is 0 Å². The fourth-order valence-corrected chi connectivity index (χ4v) is 3.07. The van der Waals surface area contributed by atoms with Gasteiger partial charge in [-0.3, -0.25) is 4.79 Å². The van der Waals surface area contributed by atoms with E-state index in [1.165, 1.54) is 24.6 Å². The van der Waals surface area contributed by atoms with Gasteiger partial charge in [-0.2, -0.15) is 0 Å². The zero-order valence-electron chi connectivity index (χ0n) is 11.6. The van der Waals surface area contributed by atoms with Gasteiger partial charge in [0.15, 0.2) is 0 Å². The maximum atomic E-state index is 13.1. The van der Waals surface area contributed by atoms with Crippen molar-refractivity contribution < 1.29 is 9.18 Å². The molecule has 2 rings (SSSR count). The van der Waals surface area contributed by atoms with Crippen LogP contribution in [0.2, 0.25) is 5.02 Å². The SMILES string of the molecule is CC1CCCCC1(CN)NC(=O)c1ccc(F)c(Cl)c1. The van der Waals surface area contributed by atoms with Gasteiger partial charge in [-0.15, -0.1) is 0 Å². The fourth-order valence-electron chi connectivity index (χ4n) is 2.89. The van der Waals surface area contributed by atoms with Gasteiger partial charge in [-0.05, 0) is 37.0 Å². The molecule has 3 nitrogen and oxygen atoms in total. The number of nitrogens with two attached hydrogens (primary N) is 1. The molecule has 3 N–H and O–H groups in total. The Morgan fingerprint density at radius 1 is 1.55 bits per heavy atom. The summed E-state index contributed by atoms with van der Waals surface area (Å²) in [6.45, 7) is 2.53. The molecule has 1 aromatic rings. The van der Waals surface area contributed by atoms with Crippen LogP contribution in [0.4, 0.5) is 4.39 Å². The number of nitrogens with one attached hydrogen (secondary N) is 1. The molecule has 0 saturated heterocycles. The molecule has 0 spiro atoms. The van der Waals surface area contributed by atoms with Crippen LogP contribution < -0.4 is 11.1 Å². The molecule has 5 heteroatoms. The summed E-state index contributed by atoms with van der Waals surface area (Å²) in [6.07, 6.45) is 4.17. The van der Waals surface area contributed by atoms with E-state index in [4.69, 9.17) is 17.3 Å². The lowest BCUT2D eigenvalue weighted by atomic mass is 9.73. The standard InChI is InChI=1S/C15H20ClFN2O/c1-10-4-2-3-7-15(10,9-18)19-14(20)11-5-6-13(17)12(16)8-11/h5-6,8,10H,2-4,7,9,18H2,1H3,(H,19,20). The number of halogens is 2. The highest BCUT2D eigenvalue weighted by molar-refractivity contribution is 6.31. The molecule has 0 aromatic heterocycles. The molecular weight excluding hydrogens is 279 g/mol. The summed E-state index contributed by atoms with van der Waals surface area (Å²) in [5.74, 6) is -0.435. The minimum atomic E-state index is -0.525. The Morgan fingerprint density at radius 2 is 2.30 bits per heavy atom. The van der Waals surface area contributed by atoms with Crippen LogP contribution in [0.15, 0.2) is 18.2 Å². The number of carbonyl (C=O) groups is 1. The zero-order valence-corrected chi connectivity index (χ0v) is 12.3. The molecule has 0 heterocycles. The second-order valence-electron chi connectivity index (χ2n) is 5.59. The molecule has 110 valence electrons. The predicted molar refractivity (Wildman–Crippen MR) is 78.3 cm³/mol. The third-order valence-electron chi connectivity index (χ3n) is 4.36. The lowest BCUT2D eigenvalue weighted by Gasteiger charge is -2.42. The number of amides is 1. The third kappa shape index (κ3) is 2.96. The summed E-state index contributed by atoms with van der Waals surface area (Å²) >= 11 is 5.72. The zero-order chi connectivity index (χ0) is 14.8. The monoisotopic (exact) mass is 298 g/mol. The summed E-state index contributed by atoms with van der Waals surface area (Å²) in [7, 11) is 0. The fraction of sp³-hybridized carbons (Fsp3) is 0.533. The van der Waals surface area contributed by atoms with Crippen LogP contribution in [0, 0.1) is 11.7 Å². The van der Waals surface area contributed by atoms with E-state index in [9.17, 15) is 9.18 Å². The first-order valence-corrected chi connectivity index (χ1v) is 7.34. The average Bonchev–Trinajstić information content (AvgIpc) is 2.44. The van der Waals surface area contributed by atoms with Crippen LogP contribution in [0.1, 0.15) is 43.0 Å². The Labute approximate surface area is 123 Å².